The number of morpholine rings is 1. The molecule has 2 heterocycles. The SMILES string of the molecule is CC(C)Oc1ccc(NC(N)=NCc2ccc(N3CCOC(C)C3)nc2)cc1.I. The van der Waals surface area contributed by atoms with E-state index in [0.717, 1.165) is 42.5 Å². The number of rotatable bonds is 6. The number of benzene rings is 1. The molecule has 7 nitrogen and oxygen atoms in total. The van der Waals surface area contributed by atoms with Crippen molar-refractivity contribution in [1.82, 2.24) is 4.98 Å². The summed E-state index contributed by atoms with van der Waals surface area (Å²) < 4.78 is 11.2. The molecule has 1 fully saturated rings. The fourth-order valence-electron chi connectivity index (χ4n) is 2.98. The Morgan fingerprint density at radius 1 is 1.31 bits per heavy atom. The number of nitrogens with two attached hydrogens (primary N) is 1. The molecule has 0 amide bonds. The van der Waals surface area contributed by atoms with Crippen LogP contribution in [-0.4, -0.2) is 42.8 Å². The van der Waals surface area contributed by atoms with Crippen LogP contribution in [0.5, 0.6) is 5.75 Å². The first-order valence-electron chi connectivity index (χ1n) is 9.65. The summed E-state index contributed by atoms with van der Waals surface area (Å²) in [5.41, 5.74) is 7.88. The first-order valence-corrected chi connectivity index (χ1v) is 9.65. The molecule has 0 radical (unpaired) electrons. The summed E-state index contributed by atoms with van der Waals surface area (Å²) in [4.78, 5) is 11.2. The van der Waals surface area contributed by atoms with Gasteiger partial charge in [0.2, 0.25) is 0 Å². The van der Waals surface area contributed by atoms with Crippen molar-refractivity contribution in [2.75, 3.05) is 29.9 Å². The molecule has 1 aliphatic heterocycles. The Balaban J connectivity index is 0.00000300. The van der Waals surface area contributed by atoms with Gasteiger partial charge in [-0.25, -0.2) is 9.98 Å². The van der Waals surface area contributed by atoms with Crippen molar-refractivity contribution in [2.24, 2.45) is 10.7 Å². The Morgan fingerprint density at radius 3 is 2.69 bits per heavy atom. The molecule has 0 bridgehead atoms. The number of ether oxygens (including phenoxy) is 2. The maximum absolute atomic E-state index is 6.00. The number of pyridine rings is 1. The number of guanidine groups is 1. The molecule has 1 atom stereocenters. The van der Waals surface area contributed by atoms with Gasteiger partial charge in [0.25, 0.3) is 0 Å². The quantitative estimate of drug-likeness (QED) is 0.350. The normalized spacial score (nSPS) is 17.0. The molecular weight excluding hydrogens is 481 g/mol. The minimum absolute atomic E-state index is 0. The second kappa shape index (κ2) is 11.2. The van der Waals surface area contributed by atoms with Gasteiger partial charge in [-0.1, -0.05) is 6.07 Å². The Hall–Kier alpha value is -2.07. The summed E-state index contributed by atoms with van der Waals surface area (Å²) in [6, 6.07) is 11.7. The molecule has 158 valence electrons. The van der Waals surface area contributed by atoms with E-state index in [0.29, 0.717) is 12.5 Å². The Labute approximate surface area is 189 Å². The van der Waals surface area contributed by atoms with E-state index in [-0.39, 0.29) is 36.2 Å². The van der Waals surface area contributed by atoms with Gasteiger partial charge >= 0.3 is 0 Å². The van der Waals surface area contributed by atoms with Crippen molar-refractivity contribution in [3.63, 3.8) is 0 Å². The van der Waals surface area contributed by atoms with E-state index in [1.807, 2.05) is 56.4 Å². The number of nitrogens with zero attached hydrogens (tertiary/aromatic N) is 3. The third-order valence-electron chi connectivity index (χ3n) is 4.30. The van der Waals surface area contributed by atoms with Crippen molar-refractivity contribution in [3.8, 4) is 5.75 Å². The summed E-state index contributed by atoms with van der Waals surface area (Å²) in [5, 5.41) is 3.09. The highest BCUT2D eigenvalue weighted by molar-refractivity contribution is 14.0. The van der Waals surface area contributed by atoms with Crippen LogP contribution in [-0.2, 0) is 11.3 Å². The van der Waals surface area contributed by atoms with Gasteiger partial charge in [0, 0.05) is 25.0 Å². The van der Waals surface area contributed by atoms with Crippen LogP contribution in [0.3, 0.4) is 0 Å². The highest BCUT2D eigenvalue weighted by Gasteiger charge is 2.17. The molecule has 0 saturated carbocycles. The lowest BCUT2D eigenvalue weighted by Gasteiger charge is -2.32. The van der Waals surface area contributed by atoms with Crippen LogP contribution in [0.25, 0.3) is 0 Å². The lowest BCUT2D eigenvalue weighted by atomic mass is 10.2. The van der Waals surface area contributed by atoms with Gasteiger partial charge in [-0.05, 0) is 56.7 Å². The van der Waals surface area contributed by atoms with Crippen LogP contribution < -0.4 is 20.7 Å². The highest BCUT2D eigenvalue weighted by Crippen LogP contribution is 2.17. The van der Waals surface area contributed by atoms with E-state index < -0.39 is 0 Å². The van der Waals surface area contributed by atoms with Crippen molar-refractivity contribution in [3.05, 3.63) is 48.2 Å². The maximum Gasteiger partial charge on any atom is 0.193 e. The van der Waals surface area contributed by atoms with Crippen LogP contribution in [0.4, 0.5) is 11.5 Å². The monoisotopic (exact) mass is 511 g/mol. The number of anilines is 2. The minimum Gasteiger partial charge on any atom is -0.491 e. The van der Waals surface area contributed by atoms with Crippen molar-refractivity contribution < 1.29 is 9.47 Å². The summed E-state index contributed by atoms with van der Waals surface area (Å²) in [6.07, 6.45) is 2.23. The lowest BCUT2D eigenvalue weighted by molar-refractivity contribution is 0.0529. The van der Waals surface area contributed by atoms with Gasteiger partial charge in [-0.15, -0.1) is 24.0 Å². The predicted octanol–water partition coefficient (Wildman–Crippen LogP) is 3.64. The lowest BCUT2D eigenvalue weighted by Crippen LogP contribution is -2.41. The summed E-state index contributed by atoms with van der Waals surface area (Å²) in [6.45, 7) is 9.02. The van der Waals surface area contributed by atoms with Gasteiger partial charge in [0.15, 0.2) is 5.96 Å². The number of halogens is 1. The number of nitrogens with one attached hydrogen (secondary N) is 1. The minimum atomic E-state index is 0. The number of hydrogen-bond donors (Lipinski definition) is 2. The number of aliphatic imine (C=N–C) groups is 1. The standard InChI is InChI=1S/C21H29N5O2.HI/c1-15(2)28-19-7-5-18(6-8-19)25-21(22)24-13-17-4-9-20(23-12-17)26-10-11-27-16(3)14-26;/h4-9,12,15-16H,10-11,13-14H2,1-3H3,(H3,22,24,25);1H. The third-order valence-corrected chi connectivity index (χ3v) is 4.30. The fraction of sp³-hybridized carbons (Fsp3) is 0.429. The van der Waals surface area contributed by atoms with Crippen molar-refractivity contribution in [1.29, 1.82) is 0 Å². The Morgan fingerprint density at radius 2 is 2.07 bits per heavy atom. The van der Waals surface area contributed by atoms with Gasteiger partial charge < -0.3 is 25.4 Å². The molecule has 3 N–H and O–H groups in total. The zero-order chi connectivity index (χ0) is 19.9. The molecule has 1 aromatic carbocycles. The predicted molar refractivity (Wildman–Crippen MR) is 128 cm³/mol. The van der Waals surface area contributed by atoms with Gasteiger partial charge in [-0.2, -0.15) is 0 Å². The van der Waals surface area contributed by atoms with Gasteiger partial charge in [0.05, 0.1) is 25.4 Å². The molecular formula is C21H30IN5O2. The zero-order valence-electron chi connectivity index (χ0n) is 17.2. The van der Waals surface area contributed by atoms with Crippen molar-refractivity contribution >= 4 is 41.4 Å². The maximum atomic E-state index is 6.00. The largest absolute Gasteiger partial charge is 0.491 e. The number of hydrogen-bond acceptors (Lipinski definition) is 5. The van der Waals surface area contributed by atoms with Crippen LogP contribution in [0.1, 0.15) is 26.3 Å². The second-order valence-corrected chi connectivity index (χ2v) is 7.17. The van der Waals surface area contributed by atoms with E-state index in [9.17, 15) is 0 Å². The van der Waals surface area contributed by atoms with E-state index >= 15 is 0 Å². The van der Waals surface area contributed by atoms with E-state index in [4.69, 9.17) is 15.2 Å². The molecule has 0 spiro atoms. The summed E-state index contributed by atoms with van der Waals surface area (Å²) in [7, 11) is 0. The molecule has 3 rings (SSSR count). The van der Waals surface area contributed by atoms with Gasteiger partial charge in [0.1, 0.15) is 11.6 Å². The van der Waals surface area contributed by atoms with Crippen LogP contribution in [0, 0.1) is 0 Å². The molecule has 1 unspecified atom stereocenters. The number of aromatic nitrogens is 1. The molecule has 0 aliphatic carbocycles. The van der Waals surface area contributed by atoms with E-state index in [1.165, 1.54) is 0 Å². The average molecular weight is 511 g/mol. The molecule has 8 heteroatoms. The van der Waals surface area contributed by atoms with Crippen LogP contribution >= 0.6 is 24.0 Å². The van der Waals surface area contributed by atoms with E-state index in [1.54, 1.807) is 0 Å². The topological polar surface area (TPSA) is 85.0 Å². The Bertz CT molecular complexity index is 781. The molecule has 1 saturated heterocycles. The van der Waals surface area contributed by atoms with Crippen LogP contribution in [0.15, 0.2) is 47.6 Å². The Kier molecular flexibility index (Phi) is 8.97. The molecule has 2 aromatic rings. The first-order chi connectivity index (χ1) is 13.5. The second-order valence-electron chi connectivity index (χ2n) is 7.17. The third kappa shape index (κ3) is 7.36. The smallest absolute Gasteiger partial charge is 0.193 e. The molecule has 1 aliphatic rings. The highest BCUT2D eigenvalue weighted by atomic mass is 127. The molecule has 1 aromatic heterocycles. The summed E-state index contributed by atoms with van der Waals surface area (Å²) >= 11 is 0. The van der Waals surface area contributed by atoms with Crippen molar-refractivity contribution in [2.45, 2.75) is 39.5 Å². The van der Waals surface area contributed by atoms with Crippen LogP contribution in [0.2, 0.25) is 0 Å². The first kappa shape index (κ1) is 23.2. The fourth-order valence-corrected chi connectivity index (χ4v) is 2.98. The molecule has 29 heavy (non-hydrogen) atoms. The zero-order valence-corrected chi connectivity index (χ0v) is 19.5. The van der Waals surface area contributed by atoms with E-state index in [2.05, 4.69) is 27.1 Å². The van der Waals surface area contributed by atoms with Gasteiger partial charge in [-0.3, -0.25) is 0 Å². The average Bonchev–Trinajstić information content (AvgIpc) is 2.68. The summed E-state index contributed by atoms with van der Waals surface area (Å²) in [5.74, 6) is 2.16.